The molecule has 0 spiro atoms. The van der Waals surface area contributed by atoms with Crippen LogP contribution in [-0.2, 0) is 30.5 Å². The van der Waals surface area contributed by atoms with Crippen LogP contribution in [0.4, 0.5) is 10.5 Å². The summed E-state index contributed by atoms with van der Waals surface area (Å²) in [6.07, 6.45) is 0.571. The van der Waals surface area contributed by atoms with Crippen molar-refractivity contribution in [3.8, 4) is 0 Å². The molecule has 222 valence electrons. The third-order valence-corrected chi connectivity index (χ3v) is 5.52. The zero-order valence-corrected chi connectivity index (χ0v) is 22.9. The summed E-state index contributed by atoms with van der Waals surface area (Å²) in [7, 11) is 0. The molecule has 0 aliphatic rings. The molecule has 40 heavy (non-hydrogen) atoms. The Hall–Kier alpha value is -3.91. The van der Waals surface area contributed by atoms with Crippen molar-refractivity contribution in [2.45, 2.75) is 51.8 Å². The van der Waals surface area contributed by atoms with E-state index in [1.54, 1.807) is 38.1 Å². The van der Waals surface area contributed by atoms with Crippen LogP contribution >= 0.6 is 0 Å². The predicted octanol–water partition coefficient (Wildman–Crippen LogP) is 0.925. The fraction of sp³-hybridized carbons (Fsp3) is 0.600. The summed E-state index contributed by atoms with van der Waals surface area (Å²) in [6.45, 7) is 4.76. The zero-order chi connectivity index (χ0) is 29.8. The maximum atomic E-state index is 13.1. The highest BCUT2D eigenvalue weighted by Crippen LogP contribution is 2.12. The number of primary amides is 1. The van der Waals surface area contributed by atoms with Gasteiger partial charge in [-0.05, 0) is 42.0 Å². The lowest BCUT2D eigenvalue weighted by Crippen LogP contribution is -2.54. The number of urea groups is 1. The van der Waals surface area contributed by atoms with Crippen LogP contribution in [0.15, 0.2) is 29.4 Å². The minimum absolute atomic E-state index is 0.0156. The van der Waals surface area contributed by atoms with Crippen molar-refractivity contribution in [1.82, 2.24) is 16.0 Å². The van der Waals surface area contributed by atoms with E-state index in [-0.39, 0.29) is 64.9 Å². The average molecular weight is 565 g/mol. The number of carbonyl (C=O) groups excluding carboxylic acids is 4. The molecule has 0 aromatic heterocycles. The van der Waals surface area contributed by atoms with Crippen LogP contribution in [0, 0.1) is 5.92 Å². The first kappa shape index (κ1) is 34.1. The molecule has 5 amide bonds. The Bertz CT molecular complexity index is 984. The van der Waals surface area contributed by atoms with Crippen molar-refractivity contribution in [3.63, 3.8) is 0 Å². The van der Waals surface area contributed by atoms with Gasteiger partial charge >= 0.3 is 6.03 Å². The molecule has 0 bridgehead atoms. The number of nitrogens with one attached hydrogen (secondary N) is 4. The molecule has 0 saturated heterocycles. The zero-order valence-electron chi connectivity index (χ0n) is 22.9. The van der Waals surface area contributed by atoms with E-state index in [0.717, 1.165) is 0 Å². The fourth-order valence-corrected chi connectivity index (χ4v) is 3.39. The van der Waals surface area contributed by atoms with Gasteiger partial charge in [0, 0.05) is 30.1 Å². The summed E-state index contributed by atoms with van der Waals surface area (Å²) in [5.41, 5.74) is 14.4. The van der Waals surface area contributed by atoms with Crippen molar-refractivity contribution < 1.29 is 33.8 Å². The van der Waals surface area contributed by atoms with Crippen molar-refractivity contribution in [3.05, 3.63) is 40.3 Å². The third kappa shape index (κ3) is 14.9. The molecular formula is C25H40N8O7. The van der Waals surface area contributed by atoms with Crippen molar-refractivity contribution >= 4 is 29.4 Å². The summed E-state index contributed by atoms with van der Waals surface area (Å²) >= 11 is 0. The number of aliphatic hydroxyl groups is 1. The first-order valence-electron chi connectivity index (χ1n) is 13.0. The summed E-state index contributed by atoms with van der Waals surface area (Å²) in [6, 6.07) is 4.02. The van der Waals surface area contributed by atoms with Gasteiger partial charge in [-0.15, -0.1) is 0 Å². The van der Waals surface area contributed by atoms with Crippen LogP contribution in [0.3, 0.4) is 0 Å². The van der Waals surface area contributed by atoms with E-state index in [9.17, 15) is 24.3 Å². The Morgan fingerprint density at radius 2 is 1.70 bits per heavy atom. The Balaban J connectivity index is 2.68. The Kier molecular flexibility index (Phi) is 17.1. The van der Waals surface area contributed by atoms with Gasteiger partial charge in [0.25, 0.3) is 0 Å². The van der Waals surface area contributed by atoms with E-state index in [1.807, 2.05) is 0 Å². The van der Waals surface area contributed by atoms with Gasteiger partial charge in [0.2, 0.25) is 17.7 Å². The van der Waals surface area contributed by atoms with Crippen molar-refractivity contribution in [1.29, 1.82) is 0 Å². The molecule has 15 heteroatoms. The number of benzene rings is 1. The molecular weight excluding hydrogens is 524 g/mol. The Morgan fingerprint density at radius 1 is 1.02 bits per heavy atom. The number of anilines is 1. The van der Waals surface area contributed by atoms with E-state index in [2.05, 4.69) is 31.3 Å². The summed E-state index contributed by atoms with van der Waals surface area (Å²) < 4.78 is 10.6. The first-order valence-corrected chi connectivity index (χ1v) is 13.0. The number of ether oxygens (including phenoxy) is 2. The number of hydrogen-bond donors (Lipinski definition) is 6. The summed E-state index contributed by atoms with van der Waals surface area (Å²) in [4.78, 5) is 52.2. The Labute approximate surface area is 233 Å². The minimum atomic E-state index is -0.958. The number of carbonyl (C=O) groups is 4. The van der Waals surface area contributed by atoms with Crippen LogP contribution < -0.4 is 27.0 Å². The van der Waals surface area contributed by atoms with E-state index < -0.39 is 35.8 Å². The highest BCUT2D eigenvalue weighted by atomic mass is 16.5. The summed E-state index contributed by atoms with van der Waals surface area (Å²) in [5, 5.41) is 23.1. The number of aliphatic hydroxyl groups excluding tert-OH is 1. The second kappa shape index (κ2) is 20.1. The topological polar surface area (TPSA) is 230 Å². The standard InChI is InChI=1S/C25H40N8O7/c1-17(2)22(32-21(35)9-12-39-14-15-40-13-11-29-33-27)24(37)31-20(4-3-10-28-25(26)38)23(36)30-19-7-5-18(16-34)6-8-19/h5-8,17,20,22,34H,3-4,9-16H2,1-2H3,(H,30,36)(H,31,37)(H,32,35)(H3,26,28,38). The molecule has 15 nitrogen and oxygen atoms in total. The highest BCUT2D eigenvalue weighted by Gasteiger charge is 2.28. The SMILES string of the molecule is CC(C)C(NC(=O)CCOCCOCCN=[N+]=[N-])C(=O)NC(CCCNC(N)=O)C(=O)Nc1ccc(CO)cc1. The van der Waals surface area contributed by atoms with E-state index in [4.69, 9.17) is 20.7 Å². The molecule has 0 aliphatic carbocycles. The molecule has 0 aliphatic heterocycles. The van der Waals surface area contributed by atoms with Crippen molar-refractivity contribution in [2.24, 2.45) is 16.8 Å². The number of hydrogen-bond acceptors (Lipinski definition) is 8. The number of amides is 5. The lowest BCUT2D eigenvalue weighted by molar-refractivity contribution is -0.132. The molecule has 0 radical (unpaired) electrons. The molecule has 2 atom stereocenters. The monoisotopic (exact) mass is 564 g/mol. The number of nitrogens with two attached hydrogens (primary N) is 1. The van der Waals surface area contributed by atoms with Gasteiger partial charge in [-0.2, -0.15) is 0 Å². The normalized spacial score (nSPS) is 12.1. The van der Waals surface area contributed by atoms with Crippen LogP contribution in [-0.4, -0.2) is 80.5 Å². The Morgan fingerprint density at radius 3 is 2.30 bits per heavy atom. The van der Waals surface area contributed by atoms with Gasteiger partial charge in [-0.25, -0.2) is 4.79 Å². The van der Waals surface area contributed by atoms with Gasteiger partial charge < -0.3 is 41.6 Å². The van der Waals surface area contributed by atoms with Crippen LogP contribution in [0.2, 0.25) is 0 Å². The van der Waals surface area contributed by atoms with E-state index in [1.165, 1.54) is 0 Å². The van der Waals surface area contributed by atoms with Crippen LogP contribution in [0.25, 0.3) is 10.4 Å². The molecule has 1 aromatic rings. The maximum absolute atomic E-state index is 13.1. The fourth-order valence-electron chi connectivity index (χ4n) is 3.39. The van der Waals surface area contributed by atoms with Crippen LogP contribution in [0.1, 0.15) is 38.7 Å². The van der Waals surface area contributed by atoms with Gasteiger partial charge in [0.1, 0.15) is 12.1 Å². The minimum Gasteiger partial charge on any atom is -0.392 e. The predicted molar refractivity (Wildman–Crippen MR) is 147 cm³/mol. The number of nitrogens with zero attached hydrogens (tertiary/aromatic N) is 3. The lowest BCUT2D eigenvalue weighted by atomic mass is 10.0. The molecule has 2 unspecified atom stereocenters. The van der Waals surface area contributed by atoms with Gasteiger partial charge in [0.05, 0.1) is 33.0 Å². The summed E-state index contributed by atoms with van der Waals surface area (Å²) in [5.74, 6) is -1.68. The smallest absolute Gasteiger partial charge is 0.312 e. The first-order chi connectivity index (χ1) is 19.2. The van der Waals surface area contributed by atoms with Crippen molar-refractivity contribution in [2.75, 3.05) is 44.8 Å². The molecule has 0 fully saturated rings. The van der Waals surface area contributed by atoms with Gasteiger partial charge in [0.15, 0.2) is 0 Å². The molecule has 1 rings (SSSR count). The largest absolute Gasteiger partial charge is 0.392 e. The third-order valence-electron chi connectivity index (χ3n) is 5.52. The molecule has 0 saturated carbocycles. The molecule has 1 aromatic carbocycles. The highest BCUT2D eigenvalue weighted by molar-refractivity contribution is 5.98. The van der Waals surface area contributed by atoms with Gasteiger partial charge in [-0.3, -0.25) is 14.4 Å². The molecule has 7 N–H and O–H groups in total. The second-order valence-corrected chi connectivity index (χ2v) is 9.06. The molecule has 0 heterocycles. The van der Waals surface area contributed by atoms with Gasteiger partial charge in [-0.1, -0.05) is 31.1 Å². The quantitative estimate of drug-likeness (QED) is 0.0580. The van der Waals surface area contributed by atoms with E-state index >= 15 is 0 Å². The van der Waals surface area contributed by atoms with E-state index in [0.29, 0.717) is 17.7 Å². The average Bonchev–Trinajstić information content (AvgIpc) is 2.92. The maximum Gasteiger partial charge on any atom is 0.312 e. The second-order valence-electron chi connectivity index (χ2n) is 9.06. The number of rotatable bonds is 20. The van der Waals surface area contributed by atoms with Crippen LogP contribution in [0.5, 0.6) is 0 Å². The number of azide groups is 1. The lowest BCUT2D eigenvalue weighted by Gasteiger charge is -2.25.